The maximum atomic E-state index is 5.78. The highest BCUT2D eigenvalue weighted by molar-refractivity contribution is 5.41. The Balaban J connectivity index is 2.79. The van der Waals surface area contributed by atoms with Crippen molar-refractivity contribution in [2.75, 3.05) is 13.2 Å². The van der Waals surface area contributed by atoms with Crippen LogP contribution in [0.4, 0.5) is 0 Å². The van der Waals surface area contributed by atoms with Crippen molar-refractivity contribution in [1.82, 2.24) is 0 Å². The predicted octanol–water partition coefficient (Wildman–Crippen LogP) is 2.76. The van der Waals surface area contributed by atoms with E-state index in [0.29, 0.717) is 13.2 Å². The van der Waals surface area contributed by atoms with Gasteiger partial charge < -0.3 is 15.2 Å². The van der Waals surface area contributed by atoms with Crippen LogP contribution < -0.4 is 15.2 Å². The zero-order valence-electron chi connectivity index (χ0n) is 11.0. The van der Waals surface area contributed by atoms with Gasteiger partial charge in [-0.1, -0.05) is 6.07 Å². The molecule has 3 heteroatoms. The van der Waals surface area contributed by atoms with E-state index in [-0.39, 0.29) is 6.04 Å². The molecule has 1 atom stereocenters. The molecule has 0 aliphatic carbocycles. The topological polar surface area (TPSA) is 44.5 Å². The van der Waals surface area contributed by atoms with Crippen LogP contribution in [0.2, 0.25) is 0 Å². The van der Waals surface area contributed by atoms with E-state index < -0.39 is 0 Å². The van der Waals surface area contributed by atoms with Gasteiger partial charge in [0.15, 0.2) is 0 Å². The standard InChI is InChI=1S/C14H23NO2/c1-4-16-13-9-8-12(7-6-11(3)15)14(10-13)17-5-2/h8-11H,4-7,15H2,1-3H3. The second kappa shape index (κ2) is 7.17. The molecular weight excluding hydrogens is 214 g/mol. The Hall–Kier alpha value is -1.22. The van der Waals surface area contributed by atoms with E-state index in [1.807, 2.05) is 32.9 Å². The Kier molecular flexibility index (Phi) is 5.84. The summed E-state index contributed by atoms with van der Waals surface area (Å²) in [5.74, 6) is 1.78. The van der Waals surface area contributed by atoms with Gasteiger partial charge in [-0.2, -0.15) is 0 Å². The van der Waals surface area contributed by atoms with E-state index in [4.69, 9.17) is 15.2 Å². The second-order valence-corrected chi connectivity index (χ2v) is 4.15. The predicted molar refractivity (Wildman–Crippen MR) is 70.8 cm³/mol. The second-order valence-electron chi connectivity index (χ2n) is 4.15. The highest BCUT2D eigenvalue weighted by atomic mass is 16.5. The molecule has 0 saturated carbocycles. The van der Waals surface area contributed by atoms with E-state index in [0.717, 1.165) is 24.3 Å². The molecule has 0 heterocycles. The van der Waals surface area contributed by atoms with Gasteiger partial charge in [-0.15, -0.1) is 0 Å². The molecule has 1 aromatic carbocycles. The van der Waals surface area contributed by atoms with Gasteiger partial charge in [-0.05, 0) is 45.2 Å². The normalized spacial score (nSPS) is 12.2. The SMILES string of the molecule is CCOc1ccc(CCC(C)N)c(OCC)c1. The number of aryl methyl sites for hydroxylation is 1. The Bertz CT molecular complexity index is 337. The summed E-state index contributed by atoms with van der Waals surface area (Å²) in [6.07, 6.45) is 1.91. The van der Waals surface area contributed by atoms with Crippen molar-refractivity contribution in [2.24, 2.45) is 5.73 Å². The fourth-order valence-corrected chi connectivity index (χ4v) is 1.67. The first-order valence-corrected chi connectivity index (χ1v) is 6.31. The van der Waals surface area contributed by atoms with Crippen molar-refractivity contribution in [1.29, 1.82) is 0 Å². The third-order valence-electron chi connectivity index (χ3n) is 2.52. The van der Waals surface area contributed by atoms with Crippen molar-refractivity contribution in [2.45, 2.75) is 39.7 Å². The highest BCUT2D eigenvalue weighted by Crippen LogP contribution is 2.26. The smallest absolute Gasteiger partial charge is 0.126 e. The van der Waals surface area contributed by atoms with E-state index in [9.17, 15) is 0 Å². The van der Waals surface area contributed by atoms with Gasteiger partial charge in [0.1, 0.15) is 11.5 Å². The minimum Gasteiger partial charge on any atom is -0.494 e. The molecule has 0 radical (unpaired) electrons. The van der Waals surface area contributed by atoms with Crippen LogP contribution >= 0.6 is 0 Å². The van der Waals surface area contributed by atoms with Gasteiger partial charge >= 0.3 is 0 Å². The summed E-state index contributed by atoms with van der Waals surface area (Å²) in [5.41, 5.74) is 6.98. The summed E-state index contributed by atoms with van der Waals surface area (Å²) in [7, 11) is 0. The van der Waals surface area contributed by atoms with Gasteiger partial charge in [0, 0.05) is 12.1 Å². The van der Waals surface area contributed by atoms with Crippen LogP contribution in [0.3, 0.4) is 0 Å². The molecule has 96 valence electrons. The van der Waals surface area contributed by atoms with Gasteiger partial charge in [-0.3, -0.25) is 0 Å². The summed E-state index contributed by atoms with van der Waals surface area (Å²) in [6, 6.07) is 6.24. The van der Waals surface area contributed by atoms with E-state index >= 15 is 0 Å². The molecule has 1 unspecified atom stereocenters. The first-order chi connectivity index (χ1) is 8.17. The van der Waals surface area contributed by atoms with Crippen LogP contribution in [-0.4, -0.2) is 19.3 Å². The Labute approximate surface area is 104 Å². The number of hydrogen-bond donors (Lipinski definition) is 1. The fourth-order valence-electron chi connectivity index (χ4n) is 1.67. The van der Waals surface area contributed by atoms with E-state index in [2.05, 4.69) is 6.07 Å². The summed E-state index contributed by atoms with van der Waals surface area (Å²) in [4.78, 5) is 0. The van der Waals surface area contributed by atoms with E-state index in [1.165, 1.54) is 5.56 Å². The van der Waals surface area contributed by atoms with Crippen LogP contribution in [-0.2, 0) is 6.42 Å². The minimum absolute atomic E-state index is 0.219. The Morgan fingerprint density at radius 2 is 1.88 bits per heavy atom. The summed E-state index contributed by atoms with van der Waals surface area (Å²) in [6.45, 7) is 7.33. The molecule has 17 heavy (non-hydrogen) atoms. The molecule has 1 rings (SSSR count). The van der Waals surface area contributed by atoms with E-state index in [1.54, 1.807) is 0 Å². The van der Waals surface area contributed by atoms with Crippen molar-refractivity contribution >= 4 is 0 Å². The fraction of sp³-hybridized carbons (Fsp3) is 0.571. The first kappa shape index (κ1) is 13.8. The lowest BCUT2D eigenvalue weighted by Crippen LogP contribution is -2.15. The average Bonchev–Trinajstić information content (AvgIpc) is 2.28. The number of benzene rings is 1. The monoisotopic (exact) mass is 237 g/mol. The molecule has 0 aromatic heterocycles. The van der Waals surface area contributed by atoms with Crippen LogP contribution in [0.25, 0.3) is 0 Å². The summed E-state index contributed by atoms with van der Waals surface area (Å²) < 4.78 is 11.1. The summed E-state index contributed by atoms with van der Waals surface area (Å²) >= 11 is 0. The third kappa shape index (κ3) is 4.65. The molecule has 1 aromatic rings. The lowest BCUT2D eigenvalue weighted by atomic mass is 10.1. The number of hydrogen-bond acceptors (Lipinski definition) is 3. The molecular formula is C14H23NO2. The van der Waals surface area contributed by atoms with Crippen molar-refractivity contribution < 1.29 is 9.47 Å². The number of rotatable bonds is 7. The minimum atomic E-state index is 0.219. The van der Waals surface area contributed by atoms with Crippen molar-refractivity contribution in [3.05, 3.63) is 23.8 Å². The van der Waals surface area contributed by atoms with Crippen LogP contribution in [0.15, 0.2) is 18.2 Å². The van der Waals surface area contributed by atoms with Gasteiger partial charge in [0.2, 0.25) is 0 Å². The van der Waals surface area contributed by atoms with Gasteiger partial charge in [0.25, 0.3) is 0 Å². The molecule has 0 spiro atoms. The van der Waals surface area contributed by atoms with Crippen molar-refractivity contribution in [3.63, 3.8) is 0 Å². The zero-order valence-corrected chi connectivity index (χ0v) is 11.0. The maximum Gasteiger partial charge on any atom is 0.126 e. The van der Waals surface area contributed by atoms with Crippen molar-refractivity contribution in [3.8, 4) is 11.5 Å². The van der Waals surface area contributed by atoms with Gasteiger partial charge in [-0.25, -0.2) is 0 Å². The molecule has 0 fully saturated rings. The molecule has 3 nitrogen and oxygen atoms in total. The largest absolute Gasteiger partial charge is 0.494 e. The van der Waals surface area contributed by atoms with Crippen LogP contribution in [0.5, 0.6) is 11.5 Å². The van der Waals surface area contributed by atoms with Crippen LogP contribution in [0, 0.1) is 0 Å². The molecule has 0 aliphatic rings. The molecule has 0 amide bonds. The first-order valence-electron chi connectivity index (χ1n) is 6.31. The lowest BCUT2D eigenvalue weighted by molar-refractivity contribution is 0.320. The maximum absolute atomic E-state index is 5.78. The average molecular weight is 237 g/mol. The summed E-state index contributed by atoms with van der Waals surface area (Å²) in [5, 5.41) is 0. The molecule has 0 bridgehead atoms. The Morgan fingerprint density at radius 1 is 1.18 bits per heavy atom. The number of ether oxygens (including phenoxy) is 2. The molecule has 0 saturated heterocycles. The lowest BCUT2D eigenvalue weighted by Gasteiger charge is -2.13. The Morgan fingerprint density at radius 3 is 2.47 bits per heavy atom. The quantitative estimate of drug-likeness (QED) is 0.793. The molecule has 0 aliphatic heterocycles. The number of nitrogens with two attached hydrogens (primary N) is 1. The zero-order chi connectivity index (χ0) is 12.7. The van der Waals surface area contributed by atoms with Gasteiger partial charge in [0.05, 0.1) is 13.2 Å². The molecule has 2 N–H and O–H groups in total. The third-order valence-corrected chi connectivity index (χ3v) is 2.52. The highest BCUT2D eigenvalue weighted by Gasteiger charge is 2.06. The van der Waals surface area contributed by atoms with Crippen LogP contribution in [0.1, 0.15) is 32.8 Å².